The van der Waals surface area contributed by atoms with Crippen molar-refractivity contribution >= 4 is 29.7 Å². The standard InChI is InChI=1S/C11H11N5O3S/c1-14(2)15-4-6(12-13-15)3-7-9(17)16-8(11(18)19)5-20-10(7)16/h3-5,10H,1-2H3,(H,18,19)/b7-3+/t10-/m1/s1. The number of carboxylic acids is 1. The highest BCUT2D eigenvalue weighted by atomic mass is 32.2. The fourth-order valence-corrected chi connectivity index (χ4v) is 3.07. The van der Waals surface area contributed by atoms with Crippen molar-refractivity contribution in [2.75, 3.05) is 19.1 Å². The van der Waals surface area contributed by atoms with Gasteiger partial charge in [0.25, 0.3) is 5.91 Å². The molecule has 1 aromatic rings. The molecule has 1 aromatic heterocycles. The molecule has 1 amide bonds. The molecule has 8 nitrogen and oxygen atoms in total. The number of carbonyl (C=O) groups excluding carboxylic acids is 1. The predicted molar refractivity (Wildman–Crippen MR) is 72.0 cm³/mol. The maximum atomic E-state index is 12.0. The number of rotatable bonds is 3. The highest BCUT2D eigenvalue weighted by molar-refractivity contribution is 8.03. The Morgan fingerprint density at radius 1 is 1.55 bits per heavy atom. The number of nitrogens with zero attached hydrogens (tertiary/aromatic N) is 5. The summed E-state index contributed by atoms with van der Waals surface area (Å²) in [6.07, 6.45) is 3.33. The molecule has 0 saturated carbocycles. The molecule has 0 radical (unpaired) electrons. The van der Waals surface area contributed by atoms with E-state index in [1.807, 2.05) is 14.1 Å². The Labute approximate surface area is 118 Å². The third-order valence-corrected chi connectivity index (χ3v) is 4.05. The molecule has 2 aliphatic rings. The normalized spacial score (nSPS) is 22.6. The van der Waals surface area contributed by atoms with E-state index in [1.54, 1.807) is 17.3 Å². The van der Waals surface area contributed by atoms with Crippen LogP contribution in [0.1, 0.15) is 5.69 Å². The fraction of sp³-hybridized carbons (Fsp3) is 0.273. The number of carboxylic acid groups (broad SMARTS) is 1. The van der Waals surface area contributed by atoms with E-state index in [0.717, 1.165) is 0 Å². The van der Waals surface area contributed by atoms with Crippen LogP contribution in [0.4, 0.5) is 0 Å². The van der Waals surface area contributed by atoms with Crippen LogP contribution in [-0.2, 0) is 9.59 Å². The number of aliphatic carboxylic acids is 1. The van der Waals surface area contributed by atoms with Crippen LogP contribution in [0.3, 0.4) is 0 Å². The summed E-state index contributed by atoms with van der Waals surface area (Å²) >= 11 is 1.30. The summed E-state index contributed by atoms with van der Waals surface area (Å²) in [5, 5.41) is 19.8. The van der Waals surface area contributed by atoms with Crippen LogP contribution < -0.4 is 5.01 Å². The largest absolute Gasteiger partial charge is 0.477 e. The summed E-state index contributed by atoms with van der Waals surface area (Å²) in [5.74, 6) is -1.39. The van der Waals surface area contributed by atoms with E-state index < -0.39 is 5.97 Å². The van der Waals surface area contributed by atoms with Gasteiger partial charge in [-0.25, -0.2) is 4.79 Å². The summed E-state index contributed by atoms with van der Waals surface area (Å²) in [6, 6.07) is 0. The number of hydrogen-bond donors (Lipinski definition) is 1. The van der Waals surface area contributed by atoms with Gasteiger partial charge in [-0.3, -0.25) is 9.69 Å². The van der Waals surface area contributed by atoms with Crippen LogP contribution in [-0.4, -0.2) is 56.5 Å². The SMILES string of the molecule is CN(C)n1cc(/C=C2\C(=O)N3C(C(=O)O)=CS[C@H]23)nn1. The van der Waals surface area contributed by atoms with E-state index in [-0.39, 0.29) is 17.0 Å². The van der Waals surface area contributed by atoms with Crippen molar-refractivity contribution in [1.82, 2.24) is 20.0 Å². The van der Waals surface area contributed by atoms with Gasteiger partial charge in [0, 0.05) is 19.5 Å². The second-order valence-corrected chi connectivity index (χ2v) is 5.44. The van der Waals surface area contributed by atoms with Crippen LogP contribution in [0.2, 0.25) is 0 Å². The first-order valence-corrected chi connectivity index (χ1v) is 6.67. The maximum Gasteiger partial charge on any atom is 0.353 e. The minimum atomic E-state index is -1.09. The van der Waals surface area contributed by atoms with E-state index in [9.17, 15) is 9.59 Å². The molecule has 104 valence electrons. The Bertz CT molecular complexity index is 663. The number of carbonyl (C=O) groups is 2. The Balaban J connectivity index is 1.82. The lowest BCUT2D eigenvalue weighted by atomic mass is 10.0. The lowest BCUT2D eigenvalue weighted by molar-refractivity contribution is -0.141. The van der Waals surface area contributed by atoms with Crippen molar-refractivity contribution in [2.24, 2.45) is 0 Å². The zero-order chi connectivity index (χ0) is 14.4. The molecular weight excluding hydrogens is 282 g/mol. The minimum absolute atomic E-state index is 0.0269. The van der Waals surface area contributed by atoms with Crippen LogP contribution in [0, 0.1) is 0 Å². The molecule has 1 fully saturated rings. The Kier molecular flexibility index (Phi) is 2.78. The topological polar surface area (TPSA) is 91.6 Å². The zero-order valence-corrected chi connectivity index (χ0v) is 11.5. The number of amides is 1. The van der Waals surface area contributed by atoms with Crippen LogP contribution in [0.25, 0.3) is 6.08 Å². The second kappa shape index (κ2) is 4.37. The molecule has 1 saturated heterocycles. The molecular formula is C11H11N5O3S. The summed E-state index contributed by atoms with van der Waals surface area (Å²) in [4.78, 5) is 25.7. The number of hydrogen-bond acceptors (Lipinski definition) is 6. The molecule has 0 unspecified atom stereocenters. The number of thioether (sulfide) groups is 1. The van der Waals surface area contributed by atoms with Gasteiger partial charge >= 0.3 is 5.97 Å². The summed E-state index contributed by atoms with van der Waals surface area (Å²) in [5.41, 5.74) is 1.12. The smallest absolute Gasteiger partial charge is 0.353 e. The first-order chi connectivity index (χ1) is 9.49. The molecule has 0 spiro atoms. The Hall–Kier alpha value is -2.29. The average Bonchev–Trinajstić information content (AvgIpc) is 3.00. The molecule has 0 aromatic carbocycles. The van der Waals surface area contributed by atoms with Gasteiger partial charge in [0.15, 0.2) is 0 Å². The van der Waals surface area contributed by atoms with E-state index in [4.69, 9.17) is 5.11 Å². The average molecular weight is 293 g/mol. The van der Waals surface area contributed by atoms with Gasteiger partial charge in [-0.1, -0.05) is 0 Å². The van der Waals surface area contributed by atoms with Crippen LogP contribution in [0.15, 0.2) is 22.9 Å². The quantitative estimate of drug-likeness (QED) is 0.604. The molecule has 9 heteroatoms. The summed E-state index contributed by atoms with van der Waals surface area (Å²) < 4.78 is 0. The molecule has 1 atom stereocenters. The molecule has 0 aliphatic carbocycles. The molecule has 1 N–H and O–H groups in total. The van der Waals surface area contributed by atoms with Gasteiger partial charge < -0.3 is 10.1 Å². The highest BCUT2D eigenvalue weighted by Crippen LogP contribution is 2.44. The first-order valence-electron chi connectivity index (χ1n) is 5.73. The predicted octanol–water partition coefficient (Wildman–Crippen LogP) is -0.300. The van der Waals surface area contributed by atoms with Crippen molar-refractivity contribution < 1.29 is 14.7 Å². The third kappa shape index (κ3) is 1.78. The molecule has 3 rings (SSSR count). The van der Waals surface area contributed by atoms with E-state index in [2.05, 4.69) is 10.3 Å². The van der Waals surface area contributed by atoms with Crippen LogP contribution in [0.5, 0.6) is 0 Å². The van der Waals surface area contributed by atoms with Crippen molar-refractivity contribution in [1.29, 1.82) is 0 Å². The minimum Gasteiger partial charge on any atom is -0.477 e. The van der Waals surface area contributed by atoms with Crippen molar-refractivity contribution in [2.45, 2.75) is 5.37 Å². The number of fused-ring (bicyclic) bond motifs is 1. The monoisotopic (exact) mass is 293 g/mol. The molecule has 20 heavy (non-hydrogen) atoms. The lowest BCUT2D eigenvalue weighted by Crippen LogP contribution is -2.51. The summed E-state index contributed by atoms with van der Waals surface area (Å²) in [6.45, 7) is 0. The third-order valence-electron chi connectivity index (χ3n) is 2.97. The van der Waals surface area contributed by atoms with Gasteiger partial charge in [0.1, 0.15) is 16.8 Å². The van der Waals surface area contributed by atoms with Gasteiger partial charge in [0.05, 0.1) is 11.8 Å². The summed E-state index contributed by atoms with van der Waals surface area (Å²) in [7, 11) is 3.63. The molecule has 0 bridgehead atoms. The number of aromatic nitrogens is 3. The van der Waals surface area contributed by atoms with Crippen molar-refractivity contribution in [3.8, 4) is 0 Å². The van der Waals surface area contributed by atoms with E-state index in [1.165, 1.54) is 26.9 Å². The fourth-order valence-electron chi connectivity index (χ4n) is 1.95. The van der Waals surface area contributed by atoms with Gasteiger partial charge in [0.2, 0.25) is 0 Å². The van der Waals surface area contributed by atoms with E-state index >= 15 is 0 Å². The van der Waals surface area contributed by atoms with E-state index in [0.29, 0.717) is 11.3 Å². The lowest BCUT2D eigenvalue weighted by Gasteiger charge is -2.36. The highest BCUT2D eigenvalue weighted by Gasteiger charge is 2.49. The Morgan fingerprint density at radius 2 is 2.30 bits per heavy atom. The van der Waals surface area contributed by atoms with Gasteiger partial charge in [-0.15, -0.1) is 16.9 Å². The van der Waals surface area contributed by atoms with Crippen LogP contribution >= 0.6 is 11.8 Å². The second-order valence-electron chi connectivity index (χ2n) is 4.48. The van der Waals surface area contributed by atoms with Gasteiger partial charge in [-0.05, 0) is 11.3 Å². The zero-order valence-electron chi connectivity index (χ0n) is 10.7. The molecule has 2 aliphatic heterocycles. The van der Waals surface area contributed by atoms with Gasteiger partial charge in [-0.2, -0.15) is 4.79 Å². The first kappa shape index (κ1) is 12.7. The van der Waals surface area contributed by atoms with Crippen molar-refractivity contribution in [3.05, 3.63) is 28.6 Å². The molecule has 3 heterocycles. The number of β-lactam (4-membered cyclic amide) rings is 1. The Morgan fingerprint density at radius 3 is 2.90 bits per heavy atom. The maximum absolute atomic E-state index is 12.0. The van der Waals surface area contributed by atoms with Crippen molar-refractivity contribution in [3.63, 3.8) is 0 Å².